The van der Waals surface area contributed by atoms with Gasteiger partial charge in [-0.1, -0.05) is 12.1 Å². The van der Waals surface area contributed by atoms with E-state index in [4.69, 9.17) is 9.47 Å². The van der Waals surface area contributed by atoms with Gasteiger partial charge in [0.05, 0.1) is 36.6 Å². The Kier molecular flexibility index (Phi) is 6.39. The Bertz CT molecular complexity index is 1060. The summed E-state index contributed by atoms with van der Waals surface area (Å²) in [4.78, 5) is 51.2. The molecule has 2 aromatic carbocycles. The number of benzene rings is 2. The number of nitrogens with zero attached hydrogens (tertiary/aromatic N) is 1. The zero-order chi connectivity index (χ0) is 22.7. The minimum absolute atomic E-state index is 0.0567. The van der Waals surface area contributed by atoms with Gasteiger partial charge >= 0.3 is 0 Å². The van der Waals surface area contributed by atoms with Crippen molar-refractivity contribution in [3.63, 3.8) is 0 Å². The zero-order valence-corrected chi connectivity index (χ0v) is 17.9. The topological polar surface area (TPSA) is 102 Å². The van der Waals surface area contributed by atoms with E-state index in [-0.39, 0.29) is 34.9 Å². The van der Waals surface area contributed by atoms with Crippen molar-refractivity contribution in [1.82, 2.24) is 4.90 Å². The van der Waals surface area contributed by atoms with Crippen LogP contribution in [0.5, 0.6) is 11.5 Å². The summed E-state index contributed by atoms with van der Waals surface area (Å²) >= 11 is 0. The van der Waals surface area contributed by atoms with Crippen LogP contribution in [0.4, 0.5) is 5.69 Å². The lowest BCUT2D eigenvalue weighted by atomic mass is 9.99. The van der Waals surface area contributed by atoms with Crippen molar-refractivity contribution in [3.05, 3.63) is 53.1 Å². The summed E-state index contributed by atoms with van der Waals surface area (Å²) in [6.45, 7) is 4.95. The van der Waals surface area contributed by atoms with E-state index in [1.165, 1.54) is 27.0 Å². The first-order chi connectivity index (χ1) is 14.8. The molecule has 0 spiro atoms. The van der Waals surface area contributed by atoms with Crippen LogP contribution in [0, 0.1) is 0 Å². The monoisotopic (exact) mass is 424 g/mol. The van der Waals surface area contributed by atoms with Crippen molar-refractivity contribution < 1.29 is 28.7 Å². The summed E-state index contributed by atoms with van der Waals surface area (Å²) in [6, 6.07) is 8.91. The van der Waals surface area contributed by atoms with Crippen LogP contribution in [0.15, 0.2) is 36.4 Å². The van der Waals surface area contributed by atoms with Crippen LogP contribution in [-0.4, -0.2) is 42.1 Å². The maximum absolute atomic E-state index is 13.3. The van der Waals surface area contributed by atoms with Crippen LogP contribution < -0.4 is 14.8 Å². The molecule has 0 aromatic heterocycles. The lowest BCUT2D eigenvalue weighted by Crippen LogP contribution is -2.35. The molecule has 162 valence electrons. The number of fused-ring (bicyclic) bond motifs is 1. The molecule has 1 atom stereocenters. The smallest absolute Gasteiger partial charge is 0.264 e. The number of anilines is 1. The molecule has 3 rings (SSSR count). The standard InChI is InChI=1S/C23H24N2O6/c1-5-31-20-12-15(9-10-19(20)30-4)18(11-13(2)26)25-22(28)16-7-6-8-17(24-14(3)27)21(16)23(25)29/h6-10,12,18H,5,11H2,1-4H3,(H,24,27)/t18-/m1/s1. The molecule has 0 radical (unpaired) electrons. The summed E-state index contributed by atoms with van der Waals surface area (Å²) in [7, 11) is 1.51. The van der Waals surface area contributed by atoms with Gasteiger partial charge in [-0.05, 0) is 43.7 Å². The molecule has 0 saturated carbocycles. The predicted octanol–water partition coefficient (Wildman–Crippen LogP) is 3.37. The third-order valence-electron chi connectivity index (χ3n) is 4.92. The van der Waals surface area contributed by atoms with Crippen LogP contribution >= 0.6 is 0 Å². The number of ketones is 1. The highest BCUT2D eigenvalue weighted by molar-refractivity contribution is 6.24. The molecule has 1 heterocycles. The first kappa shape index (κ1) is 22.0. The highest BCUT2D eigenvalue weighted by Gasteiger charge is 2.42. The third-order valence-corrected chi connectivity index (χ3v) is 4.92. The van der Waals surface area contributed by atoms with E-state index >= 15 is 0 Å². The zero-order valence-electron chi connectivity index (χ0n) is 17.9. The van der Waals surface area contributed by atoms with Crippen molar-refractivity contribution in [2.24, 2.45) is 0 Å². The van der Waals surface area contributed by atoms with Crippen LogP contribution in [0.2, 0.25) is 0 Å². The normalized spacial score (nSPS) is 13.6. The second-order valence-corrected chi connectivity index (χ2v) is 7.15. The van der Waals surface area contributed by atoms with Gasteiger partial charge < -0.3 is 14.8 Å². The number of amides is 3. The van der Waals surface area contributed by atoms with Crippen LogP contribution in [0.25, 0.3) is 0 Å². The third kappa shape index (κ3) is 4.28. The van der Waals surface area contributed by atoms with Crippen LogP contribution in [-0.2, 0) is 9.59 Å². The lowest BCUT2D eigenvalue weighted by Gasteiger charge is -2.26. The van der Waals surface area contributed by atoms with E-state index in [0.717, 1.165) is 4.90 Å². The van der Waals surface area contributed by atoms with Gasteiger partial charge in [-0.3, -0.25) is 24.1 Å². The van der Waals surface area contributed by atoms with Crippen LogP contribution in [0.1, 0.15) is 59.5 Å². The Hall–Kier alpha value is -3.68. The second-order valence-electron chi connectivity index (χ2n) is 7.15. The quantitative estimate of drug-likeness (QED) is 0.652. The lowest BCUT2D eigenvalue weighted by molar-refractivity contribution is -0.118. The van der Waals surface area contributed by atoms with Gasteiger partial charge in [-0.2, -0.15) is 0 Å². The van der Waals surface area contributed by atoms with Crippen molar-refractivity contribution >= 4 is 29.2 Å². The molecule has 0 bridgehead atoms. The van der Waals surface area contributed by atoms with Crippen molar-refractivity contribution in [2.75, 3.05) is 19.0 Å². The maximum atomic E-state index is 13.3. The van der Waals surface area contributed by atoms with Gasteiger partial charge in [0.25, 0.3) is 11.8 Å². The highest BCUT2D eigenvalue weighted by atomic mass is 16.5. The summed E-state index contributed by atoms with van der Waals surface area (Å²) < 4.78 is 10.9. The number of ether oxygens (including phenoxy) is 2. The van der Waals surface area contributed by atoms with E-state index in [1.807, 2.05) is 6.92 Å². The summed E-state index contributed by atoms with van der Waals surface area (Å²) in [5.74, 6) is -0.674. The molecule has 1 aliphatic rings. The first-order valence-electron chi connectivity index (χ1n) is 9.87. The minimum atomic E-state index is -0.833. The average Bonchev–Trinajstić information content (AvgIpc) is 2.97. The highest BCUT2D eigenvalue weighted by Crippen LogP contribution is 2.39. The van der Waals surface area contributed by atoms with Gasteiger partial charge in [-0.25, -0.2) is 0 Å². The molecule has 0 unspecified atom stereocenters. The summed E-state index contributed by atoms with van der Waals surface area (Å²) in [6.07, 6.45) is -0.0567. The van der Waals surface area contributed by atoms with E-state index in [9.17, 15) is 19.2 Å². The minimum Gasteiger partial charge on any atom is -0.493 e. The Morgan fingerprint density at radius 1 is 1.06 bits per heavy atom. The van der Waals surface area contributed by atoms with Crippen LogP contribution in [0.3, 0.4) is 0 Å². The van der Waals surface area contributed by atoms with Crippen molar-refractivity contribution in [3.8, 4) is 11.5 Å². The number of imide groups is 1. The number of methoxy groups -OCH3 is 1. The number of carbonyl (C=O) groups is 4. The molecule has 8 nitrogen and oxygen atoms in total. The van der Waals surface area contributed by atoms with E-state index in [2.05, 4.69) is 5.32 Å². The first-order valence-corrected chi connectivity index (χ1v) is 9.87. The Morgan fingerprint density at radius 3 is 2.42 bits per heavy atom. The Balaban J connectivity index is 2.09. The van der Waals surface area contributed by atoms with Gasteiger partial charge in [0, 0.05) is 13.3 Å². The molecule has 31 heavy (non-hydrogen) atoms. The van der Waals surface area contributed by atoms with Gasteiger partial charge in [0.15, 0.2) is 11.5 Å². The van der Waals surface area contributed by atoms with Gasteiger partial charge in [0.1, 0.15) is 5.78 Å². The SMILES string of the molecule is CCOc1cc([C@@H](CC(C)=O)N2C(=O)c3cccc(NC(C)=O)c3C2=O)ccc1OC. The van der Waals surface area contributed by atoms with Gasteiger partial charge in [0.2, 0.25) is 5.91 Å². The second kappa shape index (κ2) is 8.99. The fourth-order valence-electron chi connectivity index (χ4n) is 3.68. The Labute approximate surface area is 180 Å². The number of carbonyl (C=O) groups excluding carboxylic acids is 4. The fourth-order valence-corrected chi connectivity index (χ4v) is 3.68. The summed E-state index contributed by atoms with van der Waals surface area (Å²) in [5.41, 5.74) is 1.13. The molecule has 0 fully saturated rings. The van der Waals surface area contributed by atoms with E-state index < -0.39 is 17.9 Å². The Morgan fingerprint density at radius 2 is 1.81 bits per heavy atom. The molecular formula is C23H24N2O6. The molecule has 3 amide bonds. The van der Waals surface area contributed by atoms with Gasteiger partial charge in [-0.15, -0.1) is 0 Å². The average molecular weight is 424 g/mol. The van der Waals surface area contributed by atoms with E-state index in [1.54, 1.807) is 30.3 Å². The van der Waals surface area contributed by atoms with Crippen molar-refractivity contribution in [1.29, 1.82) is 0 Å². The maximum Gasteiger partial charge on any atom is 0.264 e. The molecule has 0 saturated heterocycles. The molecule has 1 N–H and O–H groups in total. The fraction of sp³-hybridized carbons (Fsp3) is 0.304. The molecular weight excluding hydrogens is 400 g/mol. The summed E-state index contributed by atoms with van der Waals surface area (Å²) in [5, 5.41) is 2.59. The van der Waals surface area contributed by atoms with E-state index in [0.29, 0.717) is 23.7 Å². The number of hydrogen-bond acceptors (Lipinski definition) is 6. The number of rotatable bonds is 8. The van der Waals surface area contributed by atoms with Crippen molar-refractivity contribution in [2.45, 2.75) is 33.2 Å². The molecule has 2 aromatic rings. The number of hydrogen-bond donors (Lipinski definition) is 1. The number of nitrogens with one attached hydrogen (secondary N) is 1. The molecule has 1 aliphatic heterocycles. The molecule has 0 aliphatic carbocycles. The largest absolute Gasteiger partial charge is 0.493 e. The molecule has 8 heteroatoms. The number of Topliss-reactive ketones (excluding diaryl/α,β-unsaturated/α-hetero) is 1. The predicted molar refractivity (Wildman–Crippen MR) is 113 cm³/mol.